The molecule has 0 aliphatic rings. The maximum Gasteiger partial charge on any atom is 0.339 e. The summed E-state index contributed by atoms with van der Waals surface area (Å²) in [5, 5.41) is 2.97. The van der Waals surface area contributed by atoms with Crippen molar-refractivity contribution < 1.29 is 14.3 Å². The van der Waals surface area contributed by atoms with Crippen LogP contribution in [0.4, 0.5) is 5.69 Å². The van der Waals surface area contributed by atoms with Crippen LogP contribution in [-0.4, -0.2) is 19.0 Å². The van der Waals surface area contributed by atoms with Gasteiger partial charge in [0.1, 0.15) is 0 Å². The Bertz CT molecular complexity index is 686. The number of nitrogens with one attached hydrogen (secondary N) is 1. The van der Waals surface area contributed by atoms with Gasteiger partial charge in [-0.15, -0.1) is 0 Å². The van der Waals surface area contributed by atoms with Gasteiger partial charge in [0.25, 0.3) is 5.91 Å². The first kappa shape index (κ1) is 15.5. The van der Waals surface area contributed by atoms with Crippen molar-refractivity contribution in [1.29, 1.82) is 0 Å². The van der Waals surface area contributed by atoms with Gasteiger partial charge < -0.3 is 10.1 Å². The van der Waals surface area contributed by atoms with E-state index in [2.05, 4.69) is 26.0 Å². The first-order chi connectivity index (χ1) is 10.0. The molecule has 0 atom stereocenters. The highest BCUT2D eigenvalue weighted by atomic mass is 79.9. The monoisotopic (exact) mass is 367 g/mol. The molecule has 2 rings (SSSR count). The normalized spacial score (nSPS) is 10.0. The minimum absolute atomic E-state index is 0.202. The van der Waals surface area contributed by atoms with Crippen molar-refractivity contribution in [2.75, 3.05) is 12.4 Å². The zero-order valence-corrected chi connectivity index (χ0v) is 13.4. The Balaban J connectivity index is 2.21. The molecule has 1 amide bonds. The molecule has 21 heavy (non-hydrogen) atoms. The highest BCUT2D eigenvalue weighted by Gasteiger charge is 2.13. The van der Waals surface area contributed by atoms with Crippen LogP contribution in [0.15, 0.2) is 46.9 Å². The largest absolute Gasteiger partial charge is 0.465 e. The van der Waals surface area contributed by atoms with Gasteiger partial charge >= 0.3 is 5.97 Å². The Kier molecular flexibility index (Phi) is 4.98. The molecule has 0 saturated heterocycles. The number of carbonyl (C=O) groups is 2. The fourth-order valence-corrected chi connectivity index (χ4v) is 2.13. The van der Waals surface area contributed by atoms with E-state index >= 15 is 0 Å². The lowest BCUT2D eigenvalue weighted by atomic mass is 10.1. The highest BCUT2D eigenvalue weighted by Crippen LogP contribution is 2.22. The number of carbonyl (C=O) groups excluding carboxylic acids is 2. The van der Waals surface area contributed by atoms with Gasteiger partial charge in [0, 0.05) is 15.7 Å². The van der Waals surface area contributed by atoms with E-state index in [9.17, 15) is 9.59 Å². The number of anilines is 1. The lowest BCUT2D eigenvalue weighted by molar-refractivity contribution is 0.0600. The minimum atomic E-state index is -0.556. The molecule has 0 aromatic heterocycles. The summed E-state index contributed by atoms with van der Waals surface area (Å²) in [5.74, 6) is -0.833. The van der Waals surface area contributed by atoms with E-state index in [1.165, 1.54) is 19.2 Å². The number of esters is 1. The highest BCUT2D eigenvalue weighted by molar-refractivity contribution is 9.10. The summed E-state index contributed by atoms with van der Waals surface area (Å²) in [7, 11) is 1.27. The third-order valence-electron chi connectivity index (χ3n) is 2.74. The average molecular weight is 369 g/mol. The van der Waals surface area contributed by atoms with Gasteiger partial charge in [-0.1, -0.05) is 27.5 Å². The molecule has 4 nitrogen and oxygen atoms in total. The summed E-state index contributed by atoms with van der Waals surface area (Å²) >= 11 is 9.23. The average Bonchev–Trinajstić information content (AvgIpc) is 2.49. The fraction of sp³-hybridized carbons (Fsp3) is 0.0667. The standard InChI is InChI=1S/C15H11BrClNO3/c1-21-15(20)12-8-11(6-7-13(12)17)18-14(19)9-2-4-10(16)5-3-9/h2-8H,1H3,(H,18,19). The van der Waals surface area contributed by atoms with E-state index in [4.69, 9.17) is 11.6 Å². The van der Waals surface area contributed by atoms with Crippen LogP contribution in [0.3, 0.4) is 0 Å². The van der Waals surface area contributed by atoms with Crippen molar-refractivity contribution in [3.63, 3.8) is 0 Å². The molecule has 0 unspecified atom stereocenters. The second-order valence-corrected chi connectivity index (χ2v) is 5.47. The number of amides is 1. The number of ether oxygens (including phenoxy) is 1. The van der Waals surface area contributed by atoms with Gasteiger partial charge in [0.15, 0.2) is 0 Å². The molecular formula is C15H11BrClNO3. The van der Waals surface area contributed by atoms with Gasteiger partial charge in [0.2, 0.25) is 0 Å². The Hall–Kier alpha value is -1.85. The second kappa shape index (κ2) is 6.74. The molecule has 1 N–H and O–H groups in total. The van der Waals surface area contributed by atoms with Crippen LogP contribution in [-0.2, 0) is 4.74 Å². The SMILES string of the molecule is COC(=O)c1cc(NC(=O)c2ccc(Br)cc2)ccc1Cl. The topological polar surface area (TPSA) is 55.4 Å². The number of methoxy groups -OCH3 is 1. The number of hydrogen-bond donors (Lipinski definition) is 1. The van der Waals surface area contributed by atoms with Crippen LogP contribution in [0.2, 0.25) is 5.02 Å². The molecule has 0 heterocycles. The quantitative estimate of drug-likeness (QED) is 0.828. The molecule has 0 bridgehead atoms. The molecule has 0 fully saturated rings. The van der Waals surface area contributed by atoms with Crippen LogP contribution < -0.4 is 5.32 Å². The molecule has 0 aliphatic heterocycles. The lowest BCUT2D eigenvalue weighted by Gasteiger charge is -2.08. The van der Waals surface area contributed by atoms with Crippen molar-refractivity contribution in [2.45, 2.75) is 0 Å². The van der Waals surface area contributed by atoms with Crippen LogP contribution in [0.5, 0.6) is 0 Å². The van der Waals surface area contributed by atoms with Crippen LogP contribution in [0, 0.1) is 0 Å². The van der Waals surface area contributed by atoms with Crippen molar-refractivity contribution in [2.24, 2.45) is 0 Å². The molecule has 0 radical (unpaired) electrons. The smallest absolute Gasteiger partial charge is 0.339 e. The van der Waals surface area contributed by atoms with Crippen LogP contribution >= 0.6 is 27.5 Å². The van der Waals surface area contributed by atoms with Crippen molar-refractivity contribution in [1.82, 2.24) is 0 Å². The third kappa shape index (κ3) is 3.83. The van der Waals surface area contributed by atoms with E-state index in [1.807, 2.05) is 0 Å². The number of halogens is 2. The molecule has 2 aromatic rings. The molecule has 6 heteroatoms. The van der Waals surface area contributed by atoms with Crippen molar-refractivity contribution >= 4 is 45.1 Å². The first-order valence-electron chi connectivity index (χ1n) is 5.96. The zero-order valence-electron chi connectivity index (χ0n) is 11.0. The van der Waals surface area contributed by atoms with Crippen LogP contribution in [0.25, 0.3) is 0 Å². The van der Waals surface area contributed by atoms with Gasteiger partial charge in [-0.3, -0.25) is 4.79 Å². The third-order valence-corrected chi connectivity index (χ3v) is 3.59. The Morgan fingerprint density at radius 3 is 2.43 bits per heavy atom. The van der Waals surface area contributed by atoms with Crippen molar-refractivity contribution in [3.8, 4) is 0 Å². The summed E-state index contributed by atoms with van der Waals surface area (Å²) < 4.78 is 5.52. The van der Waals surface area contributed by atoms with Gasteiger partial charge in [-0.05, 0) is 42.5 Å². The minimum Gasteiger partial charge on any atom is -0.465 e. The molecule has 0 aliphatic carbocycles. The van der Waals surface area contributed by atoms with Gasteiger partial charge in [-0.2, -0.15) is 0 Å². The zero-order chi connectivity index (χ0) is 15.4. The summed E-state index contributed by atoms with van der Waals surface area (Å²) in [5.41, 5.74) is 1.17. The van der Waals surface area contributed by atoms with E-state index in [1.54, 1.807) is 30.3 Å². The number of hydrogen-bond acceptors (Lipinski definition) is 3. The van der Waals surface area contributed by atoms with E-state index < -0.39 is 5.97 Å². The van der Waals surface area contributed by atoms with Crippen LogP contribution in [0.1, 0.15) is 20.7 Å². The number of benzene rings is 2. The Morgan fingerprint density at radius 1 is 1.14 bits per heavy atom. The van der Waals surface area contributed by atoms with E-state index in [-0.39, 0.29) is 16.5 Å². The summed E-state index contributed by atoms with van der Waals surface area (Å²) in [4.78, 5) is 23.6. The molecule has 2 aromatic carbocycles. The maximum atomic E-state index is 12.1. The summed E-state index contributed by atoms with van der Waals surface area (Å²) in [6, 6.07) is 11.6. The Morgan fingerprint density at radius 2 is 1.81 bits per heavy atom. The molecule has 108 valence electrons. The fourth-order valence-electron chi connectivity index (χ4n) is 1.67. The van der Waals surface area contributed by atoms with E-state index in [0.717, 1.165) is 4.47 Å². The summed E-state index contributed by atoms with van der Waals surface area (Å²) in [6.45, 7) is 0. The Labute approximate surface area is 135 Å². The molecule has 0 spiro atoms. The lowest BCUT2D eigenvalue weighted by Crippen LogP contribution is -2.12. The van der Waals surface area contributed by atoms with Gasteiger partial charge in [0.05, 0.1) is 17.7 Å². The number of rotatable bonds is 3. The predicted octanol–water partition coefficient (Wildman–Crippen LogP) is 4.14. The molecule has 0 saturated carbocycles. The van der Waals surface area contributed by atoms with Gasteiger partial charge in [-0.25, -0.2) is 4.79 Å². The maximum absolute atomic E-state index is 12.1. The summed E-state index contributed by atoms with van der Waals surface area (Å²) in [6.07, 6.45) is 0. The predicted molar refractivity (Wildman–Crippen MR) is 84.9 cm³/mol. The van der Waals surface area contributed by atoms with Crippen molar-refractivity contribution in [3.05, 3.63) is 63.1 Å². The van der Waals surface area contributed by atoms with E-state index in [0.29, 0.717) is 11.3 Å². The second-order valence-electron chi connectivity index (χ2n) is 4.15. The first-order valence-corrected chi connectivity index (χ1v) is 7.13. The molecular weight excluding hydrogens is 358 g/mol.